The molecule has 0 aliphatic carbocycles. The van der Waals surface area contributed by atoms with Crippen LogP contribution < -0.4 is 5.32 Å². The van der Waals surface area contributed by atoms with Gasteiger partial charge < -0.3 is 20.1 Å². The first-order valence-corrected chi connectivity index (χ1v) is 14.9. The monoisotopic (exact) mass is 623 g/mol. The van der Waals surface area contributed by atoms with E-state index in [9.17, 15) is 23.2 Å². The van der Waals surface area contributed by atoms with E-state index in [-0.39, 0.29) is 60.6 Å². The molecule has 0 fully saturated rings. The van der Waals surface area contributed by atoms with Crippen molar-refractivity contribution < 1.29 is 33.0 Å². The molecule has 0 saturated heterocycles. The van der Waals surface area contributed by atoms with Crippen LogP contribution in [0.2, 0.25) is 5.02 Å². The van der Waals surface area contributed by atoms with E-state index in [1.54, 1.807) is 29.3 Å². The molecule has 2 N–H and O–H groups in total. The van der Waals surface area contributed by atoms with E-state index in [0.29, 0.717) is 41.8 Å². The number of fused-ring (bicyclic) bond motifs is 4. The first kappa shape index (κ1) is 31.3. The minimum absolute atomic E-state index is 0.0298. The summed E-state index contributed by atoms with van der Waals surface area (Å²) in [6.45, 7) is 1.69. The Labute approximate surface area is 258 Å². The largest absolute Gasteiger partial charge is 0.463 e. The highest BCUT2D eigenvalue weighted by Gasteiger charge is 2.31. The van der Waals surface area contributed by atoms with Gasteiger partial charge in [-0.25, -0.2) is 8.78 Å². The van der Waals surface area contributed by atoms with Gasteiger partial charge in [-0.15, -0.1) is 0 Å². The number of aliphatic hydroxyl groups is 1. The fraction of sp³-hybridized carbons (Fsp3) is 0.333. The van der Waals surface area contributed by atoms with E-state index in [1.165, 1.54) is 6.08 Å². The van der Waals surface area contributed by atoms with E-state index in [2.05, 4.69) is 10.3 Å². The van der Waals surface area contributed by atoms with Crippen LogP contribution in [0.3, 0.4) is 0 Å². The van der Waals surface area contributed by atoms with Crippen molar-refractivity contribution in [3.05, 3.63) is 88.2 Å². The van der Waals surface area contributed by atoms with Gasteiger partial charge in [-0.1, -0.05) is 37.1 Å². The summed E-state index contributed by atoms with van der Waals surface area (Å²) < 4.78 is 34.3. The number of esters is 1. The number of rotatable bonds is 6. The number of anilines is 1. The molecule has 3 aromatic rings. The number of carbonyl (C=O) groups excluding carboxylic acids is 3. The molecule has 11 heteroatoms. The highest BCUT2D eigenvalue weighted by molar-refractivity contribution is 6.31. The molecular weight excluding hydrogens is 592 g/mol. The molecule has 44 heavy (non-hydrogen) atoms. The molecule has 0 spiro atoms. The number of carbonyl (C=O) groups is 3. The van der Waals surface area contributed by atoms with E-state index in [1.807, 2.05) is 19.1 Å². The minimum Gasteiger partial charge on any atom is -0.463 e. The molecule has 230 valence electrons. The van der Waals surface area contributed by atoms with Gasteiger partial charge in [0.05, 0.1) is 35.3 Å². The van der Waals surface area contributed by atoms with Crippen LogP contribution in [0.4, 0.5) is 14.5 Å². The summed E-state index contributed by atoms with van der Waals surface area (Å²) >= 11 is 5.89. The van der Waals surface area contributed by atoms with Gasteiger partial charge in [0, 0.05) is 36.0 Å². The normalized spacial score (nSPS) is 18.8. The third-order valence-corrected chi connectivity index (χ3v) is 8.28. The molecule has 0 radical (unpaired) electrons. The Kier molecular flexibility index (Phi) is 9.71. The van der Waals surface area contributed by atoms with Crippen LogP contribution in [0.1, 0.15) is 55.5 Å². The number of pyridine rings is 1. The first-order chi connectivity index (χ1) is 21.2. The first-order valence-electron chi connectivity index (χ1n) is 14.5. The van der Waals surface area contributed by atoms with Crippen LogP contribution in [0.15, 0.2) is 54.7 Å². The Hall–Kier alpha value is -4.15. The van der Waals surface area contributed by atoms with Crippen molar-refractivity contribution in [2.75, 3.05) is 25.1 Å². The molecule has 2 bridgehead atoms. The number of aromatic nitrogens is 1. The number of ether oxygens (including phenoxy) is 1. The number of nitrogens with one attached hydrogen (secondary N) is 1. The van der Waals surface area contributed by atoms with Crippen molar-refractivity contribution in [1.82, 2.24) is 9.88 Å². The van der Waals surface area contributed by atoms with Crippen molar-refractivity contribution in [2.24, 2.45) is 5.92 Å². The molecule has 5 rings (SSSR count). The fourth-order valence-electron chi connectivity index (χ4n) is 5.68. The maximum Gasteiger partial charge on any atom is 0.310 e. The zero-order valence-corrected chi connectivity index (χ0v) is 24.9. The van der Waals surface area contributed by atoms with Gasteiger partial charge in [0.25, 0.3) is 0 Å². The molecule has 0 saturated carbocycles. The van der Waals surface area contributed by atoms with Gasteiger partial charge >= 0.3 is 5.97 Å². The van der Waals surface area contributed by atoms with E-state index >= 15 is 0 Å². The lowest BCUT2D eigenvalue weighted by Crippen LogP contribution is -2.38. The maximum atomic E-state index is 14.7. The Morgan fingerprint density at radius 3 is 2.75 bits per heavy atom. The summed E-state index contributed by atoms with van der Waals surface area (Å²) in [5.41, 5.74) is 3.22. The minimum atomic E-state index is -0.893. The zero-order chi connectivity index (χ0) is 31.4. The van der Waals surface area contributed by atoms with E-state index in [0.717, 1.165) is 17.7 Å². The number of halogens is 3. The predicted molar refractivity (Wildman–Crippen MR) is 161 cm³/mol. The lowest BCUT2D eigenvalue weighted by molar-refractivity contribution is -0.143. The Morgan fingerprint density at radius 2 is 1.98 bits per heavy atom. The average molecular weight is 624 g/mol. The summed E-state index contributed by atoms with van der Waals surface area (Å²) in [4.78, 5) is 45.1. The van der Waals surface area contributed by atoms with Gasteiger partial charge in [-0.3, -0.25) is 19.4 Å². The molecule has 2 aliphatic rings. The van der Waals surface area contributed by atoms with E-state index in [4.69, 9.17) is 21.4 Å². The number of benzene rings is 2. The van der Waals surface area contributed by atoms with Crippen LogP contribution in [0.5, 0.6) is 0 Å². The van der Waals surface area contributed by atoms with E-state index < -0.39 is 29.6 Å². The zero-order valence-electron chi connectivity index (χ0n) is 24.1. The topological polar surface area (TPSA) is 109 Å². The maximum absolute atomic E-state index is 14.7. The molecule has 0 unspecified atom stereocenters. The molecule has 2 atom stereocenters. The highest BCUT2D eigenvalue weighted by Crippen LogP contribution is 2.37. The standard InChI is InChI=1S/C33H32ClF2N3O5/c1-19-3-2-4-28(39-12-10-22(18-29(39)41)31-25(35)8-7-24(34)32(31)36)27-17-21(9-11-37-27)23-6-5-20(15-26(23)38-33(19)43)16-30(42)44-14-13-40/h5-9,11,15,17-19,28,40H,2-4,10,12-14,16H2,1H3,(H,38,43)/t19-,28+/m1/s1. The third kappa shape index (κ3) is 6.81. The second-order valence-electron chi connectivity index (χ2n) is 11.0. The summed E-state index contributed by atoms with van der Waals surface area (Å²) in [7, 11) is 0. The number of hydrogen-bond donors (Lipinski definition) is 2. The highest BCUT2D eigenvalue weighted by atomic mass is 35.5. The number of aliphatic hydroxyl groups excluding tert-OH is 1. The molecule has 8 nitrogen and oxygen atoms in total. The molecular formula is C33H32ClF2N3O5. The Bertz CT molecular complexity index is 1630. The van der Waals surface area contributed by atoms with Gasteiger partial charge in [0.1, 0.15) is 12.4 Å². The van der Waals surface area contributed by atoms with Crippen molar-refractivity contribution in [3.8, 4) is 11.1 Å². The SMILES string of the molecule is C[C@@H]1CCC[C@H](N2CCC(c3c(F)ccc(Cl)c3F)=CC2=O)c2cc(ccn2)-c2ccc(CC(=O)OCCO)cc2NC1=O. The number of nitrogens with zero attached hydrogens (tertiary/aromatic N) is 2. The van der Waals surface area contributed by atoms with Crippen molar-refractivity contribution in [1.29, 1.82) is 0 Å². The molecule has 3 heterocycles. The van der Waals surface area contributed by atoms with Gasteiger partial charge in [0.2, 0.25) is 11.8 Å². The van der Waals surface area contributed by atoms with Crippen LogP contribution in [0.25, 0.3) is 16.7 Å². The molecule has 2 aromatic carbocycles. The van der Waals surface area contributed by atoms with Crippen LogP contribution in [-0.4, -0.2) is 52.5 Å². The molecule has 2 amide bonds. The van der Waals surface area contributed by atoms with Crippen molar-refractivity contribution in [3.63, 3.8) is 0 Å². The molecule has 2 aliphatic heterocycles. The summed E-state index contributed by atoms with van der Waals surface area (Å²) in [6, 6.07) is 10.8. The number of hydrogen-bond acceptors (Lipinski definition) is 6. The summed E-state index contributed by atoms with van der Waals surface area (Å²) in [5.74, 6) is -3.08. The average Bonchev–Trinajstić information content (AvgIpc) is 3.00. The third-order valence-electron chi connectivity index (χ3n) is 7.98. The number of amides is 2. The summed E-state index contributed by atoms with van der Waals surface area (Å²) in [5, 5.41) is 11.7. The second kappa shape index (κ2) is 13.7. The van der Waals surface area contributed by atoms with Gasteiger partial charge in [-0.05, 0) is 66.3 Å². The van der Waals surface area contributed by atoms with Crippen molar-refractivity contribution in [2.45, 2.75) is 45.1 Å². The van der Waals surface area contributed by atoms with Crippen LogP contribution in [-0.2, 0) is 25.5 Å². The smallest absolute Gasteiger partial charge is 0.310 e. The Balaban J connectivity index is 1.49. The van der Waals surface area contributed by atoms with Crippen molar-refractivity contribution >= 4 is 40.6 Å². The van der Waals surface area contributed by atoms with Gasteiger partial charge in [-0.2, -0.15) is 0 Å². The second-order valence-corrected chi connectivity index (χ2v) is 11.4. The lowest BCUT2D eigenvalue weighted by atomic mass is 9.92. The van der Waals surface area contributed by atoms with Crippen LogP contribution in [0, 0.1) is 17.6 Å². The fourth-order valence-corrected chi connectivity index (χ4v) is 5.84. The quantitative estimate of drug-likeness (QED) is 0.263. The summed E-state index contributed by atoms with van der Waals surface area (Å²) in [6.07, 6.45) is 4.80. The van der Waals surface area contributed by atoms with Gasteiger partial charge in [0.15, 0.2) is 5.82 Å². The predicted octanol–water partition coefficient (Wildman–Crippen LogP) is 5.87. The lowest BCUT2D eigenvalue weighted by Gasteiger charge is -2.34. The molecule has 1 aromatic heterocycles. The van der Waals surface area contributed by atoms with Crippen LogP contribution >= 0.6 is 11.6 Å². The Morgan fingerprint density at radius 1 is 1.16 bits per heavy atom.